The number of hydrogen-bond acceptors (Lipinski definition) is 6. The Balaban J connectivity index is 1.53. The summed E-state index contributed by atoms with van der Waals surface area (Å²) in [7, 11) is 0. The van der Waals surface area contributed by atoms with Crippen LogP contribution in [0.2, 0.25) is 0 Å². The number of hydrogen-bond donors (Lipinski definition) is 1. The number of aliphatic carboxylic acids is 1. The number of alkyl halides is 3. The molecule has 26 heavy (non-hydrogen) atoms. The first-order valence-corrected chi connectivity index (χ1v) is 8.59. The van der Waals surface area contributed by atoms with E-state index in [2.05, 4.69) is 14.7 Å². The summed E-state index contributed by atoms with van der Waals surface area (Å²) in [6.45, 7) is 3.91. The van der Waals surface area contributed by atoms with Gasteiger partial charge in [-0.2, -0.15) is 9.97 Å². The molecule has 3 heterocycles. The summed E-state index contributed by atoms with van der Waals surface area (Å²) in [6, 6.07) is 1.20. The number of halogens is 3. The summed E-state index contributed by atoms with van der Waals surface area (Å²) in [6.07, 6.45) is -3.75. The van der Waals surface area contributed by atoms with E-state index >= 15 is 0 Å². The fourth-order valence-corrected chi connectivity index (χ4v) is 4.06. The summed E-state index contributed by atoms with van der Waals surface area (Å²) in [5, 5.41) is 8.90. The van der Waals surface area contributed by atoms with Crippen LogP contribution in [0.3, 0.4) is 0 Å². The number of piperidine rings is 1. The van der Waals surface area contributed by atoms with Crippen LogP contribution in [0.4, 0.5) is 24.8 Å². The van der Waals surface area contributed by atoms with Crippen molar-refractivity contribution in [2.75, 3.05) is 29.4 Å². The molecule has 3 aliphatic rings. The molecular weight excluding hydrogens is 353 g/mol. The molecule has 0 amide bonds. The van der Waals surface area contributed by atoms with E-state index < -0.39 is 18.3 Å². The smallest absolute Gasteiger partial charge is 0.481 e. The van der Waals surface area contributed by atoms with Crippen LogP contribution in [-0.2, 0) is 4.79 Å². The fraction of sp³-hybridized carbons (Fsp3) is 0.688. The molecule has 2 saturated heterocycles. The lowest BCUT2D eigenvalue weighted by Gasteiger charge is -2.40. The Morgan fingerprint density at radius 2 is 1.96 bits per heavy atom. The van der Waals surface area contributed by atoms with Gasteiger partial charge >= 0.3 is 18.3 Å². The van der Waals surface area contributed by atoms with Crippen molar-refractivity contribution in [1.29, 1.82) is 0 Å². The van der Waals surface area contributed by atoms with Gasteiger partial charge in [-0.1, -0.05) is 0 Å². The van der Waals surface area contributed by atoms with E-state index in [9.17, 15) is 18.0 Å². The highest BCUT2D eigenvalue weighted by Gasteiger charge is 2.56. The zero-order valence-corrected chi connectivity index (χ0v) is 14.1. The molecule has 3 unspecified atom stereocenters. The molecule has 0 radical (unpaired) electrons. The van der Waals surface area contributed by atoms with Gasteiger partial charge in [-0.3, -0.25) is 4.79 Å². The van der Waals surface area contributed by atoms with Crippen LogP contribution in [0.5, 0.6) is 6.01 Å². The van der Waals surface area contributed by atoms with E-state index in [0.29, 0.717) is 24.7 Å². The van der Waals surface area contributed by atoms with Gasteiger partial charge in [-0.15, -0.1) is 13.2 Å². The minimum Gasteiger partial charge on any atom is -0.481 e. The molecule has 1 aromatic rings. The van der Waals surface area contributed by atoms with Gasteiger partial charge < -0.3 is 19.6 Å². The molecule has 0 spiro atoms. The zero-order chi connectivity index (χ0) is 18.6. The highest BCUT2D eigenvalue weighted by atomic mass is 19.4. The van der Waals surface area contributed by atoms with E-state index in [1.807, 2.05) is 16.7 Å². The molecule has 3 atom stereocenters. The second-order valence-corrected chi connectivity index (χ2v) is 7.24. The van der Waals surface area contributed by atoms with Crippen LogP contribution in [-0.4, -0.2) is 53.1 Å². The molecule has 0 bridgehead atoms. The average Bonchev–Trinajstić information content (AvgIpc) is 2.94. The number of nitrogens with zero attached hydrogens (tertiary/aromatic N) is 4. The number of ether oxygens (including phenoxy) is 1. The second kappa shape index (κ2) is 5.88. The van der Waals surface area contributed by atoms with Gasteiger partial charge in [0.2, 0.25) is 0 Å². The maximum Gasteiger partial charge on any atom is 0.575 e. The third-order valence-corrected chi connectivity index (χ3v) is 5.61. The van der Waals surface area contributed by atoms with Crippen molar-refractivity contribution in [3.8, 4) is 6.01 Å². The Hall–Kier alpha value is -2.26. The summed E-state index contributed by atoms with van der Waals surface area (Å²) in [5.74, 6) is 0.698. The Labute approximate surface area is 147 Å². The molecule has 1 aromatic heterocycles. The average molecular weight is 372 g/mol. The van der Waals surface area contributed by atoms with E-state index in [-0.39, 0.29) is 30.2 Å². The highest BCUT2D eigenvalue weighted by Crippen LogP contribution is 2.54. The van der Waals surface area contributed by atoms with Crippen LogP contribution < -0.4 is 14.5 Å². The van der Waals surface area contributed by atoms with E-state index in [1.54, 1.807) is 6.07 Å². The molecule has 1 N–H and O–H groups in total. The van der Waals surface area contributed by atoms with E-state index in [0.717, 1.165) is 13.0 Å². The van der Waals surface area contributed by atoms with Crippen molar-refractivity contribution in [2.24, 2.45) is 17.8 Å². The van der Waals surface area contributed by atoms with Gasteiger partial charge in [0.05, 0.1) is 0 Å². The molecule has 10 heteroatoms. The zero-order valence-electron chi connectivity index (χ0n) is 14.1. The number of fused-ring (bicyclic) bond motifs is 1. The first kappa shape index (κ1) is 17.2. The summed E-state index contributed by atoms with van der Waals surface area (Å²) in [4.78, 5) is 22.5. The van der Waals surface area contributed by atoms with E-state index in [1.165, 1.54) is 0 Å². The van der Waals surface area contributed by atoms with Crippen molar-refractivity contribution in [3.63, 3.8) is 0 Å². The molecule has 142 valence electrons. The number of aromatic nitrogens is 2. The van der Waals surface area contributed by atoms with Crippen molar-refractivity contribution in [2.45, 2.75) is 32.2 Å². The largest absolute Gasteiger partial charge is 0.575 e. The first-order chi connectivity index (χ1) is 12.2. The van der Waals surface area contributed by atoms with Gasteiger partial charge in [0.15, 0.2) is 0 Å². The molecule has 7 nitrogen and oxygen atoms in total. The molecule has 3 fully saturated rings. The number of anilines is 2. The summed E-state index contributed by atoms with van der Waals surface area (Å²) in [5.41, 5.74) is 0. The van der Waals surface area contributed by atoms with Crippen LogP contribution >= 0.6 is 0 Å². The lowest BCUT2D eigenvalue weighted by atomic mass is 10.1. The van der Waals surface area contributed by atoms with Crippen LogP contribution in [0.15, 0.2) is 6.07 Å². The predicted octanol–water partition coefficient (Wildman–Crippen LogP) is 2.13. The van der Waals surface area contributed by atoms with Gasteiger partial charge in [-0.25, -0.2) is 0 Å². The number of rotatable bonds is 5. The van der Waals surface area contributed by atoms with Gasteiger partial charge in [0.1, 0.15) is 11.6 Å². The van der Waals surface area contributed by atoms with Crippen LogP contribution in [0.25, 0.3) is 0 Å². The van der Waals surface area contributed by atoms with Gasteiger partial charge in [0, 0.05) is 38.2 Å². The monoisotopic (exact) mass is 372 g/mol. The van der Waals surface area contributed by atoms with E-state index in [4.69, 9.17) is 5.11 Å². The van der Waals surface area contributed by atoms with Crippen LogP contribution in [0, 0.1) is 17.8 Å². The lowest BCUT2D eigenvalue weighted by Crippen LogP contribution is -2.46. The van der Waals surface area contributed by atoms with Crippen LogP contribution in [0.1, 0.15) is 19.8 Å². The third kappa shape index (κ3) is 3.24. The Morgan fingerprint density at radius 1 is 1.31 bits per heavy atom. The summed E-state index contributed by atoms with van der Waals surface area (Å²) >= 11 is 0. The SMILES string of the molecule is CC1CCN1c1cc(N2CC3C(CC(=O)O)C3C2)nc(OC(F)(F)F)n1. The Kier molecular flexibility index (Phi) is 3.89. The van der Waals surface area contributed by atoms with Crippen molar-refractivity contribution >= 4 is 17.6 Å². The molecule has 1 saturated carbocycles. The third-order valence-electron chi connectivity index (χ3n) is 5.61. The fourth-order valence-electron chi connectivity index (χ4n) is 4.06. The maximum absolute atomic E-state index is 12.6. The quantitative estimate of drug-likeness (QED) is 0.848. The maximum atomic E-state index is 12.6. The topological polar surface area (TPSA) is 78.8 Å². The molecule has 2 aliphatic heterocycles. The first-order valence-electron chi connectivity index (χ1n) is 8.59. The lowest BCUT2D eigenvalue weighted by molar-refractivity contribution is -0.277. The minimum absolute atomic E-state index is 0.145. The number of carboxylic acids is 1. The second-order valence-electron chi connectivity index (χ2n) is 7.24. The highest BCUT2D eigenvalue weighted by molar-refractivity contribution is 5.68. The van der Waals surface area contributed by atoms with Crippen molar-refractivity contribution in [1.82, 2.24) is 9.97 Å². The number of carbonyl (C=O) groups is 1. The number of carboxylic acid groups (broad SMARTS) is 1. The Bertz CT molecular complexity index is 717. The molecule has 4 rings (SSSR count). The standard InChI is InChI=1S/C16H19F3N4O3/c1-8-2-3-23(8)13-5-12(20-15(21-13)26-16(17,18)19)22-6-10-9(4-14(24)25)11(10)7-22/h5,8-11H,2-4,6-7H2,1H3,(H,24,25). The van der Waals surface area contributed by atoms with Crippen molar-refractivity contribution < 1.29 is 27.8 Å². The Morgan fingerprint density at radius 3 is 2.46 bits per heavy atom. The van der Waals surface area contributed by atoms with Crippen molar-refractivity contribution in [3.05, 3.63) is 6.07 Å². The molecular formula is C16H19F3N4O3. The predicted molar refractivity (Wildman–Crippen MR) is 85.1 cm³/mol. The molecule has 1 aliphatic carbocycles. The summed E-state index contributed by atoms with van der Waals surface area (Å²) < 4.78 is 41.8. The molecule has 0 aromatic carbocycles. The van der Waals surface area contributed by atoms with Gasteiger partial charge in [0.25, 0.3) is 0 Å². The van der Waals surface area contributed by atoms with Gasteiger partial charge in [-0.05, 0) is 31.1 Å². The normalized spacial score (nSPS) is 30.0. The minimum atomic E-state index is -4.85.